The van der Waals surface area contributed by atoms with Gasteiger partial charge in [0.25, 0.3) is 6.71 Å². The Hall–Kier alpha value is -9.06. The molecule has 2 aliphatic heterocycles. The van der Waals surface area contributed by atoms with Crippen LogP contribution in [0.4, 0.5) is 34.1 Å². The highest BCUT2D eigenvalue weighted by Gasteiger charge is 2.53. The van der Waals surface area contributed by atoms with Gasteiger partial charge in [-0.2, -0.15) is 0 Å². The summed E-state index contributed by atoms with van der Waals surface area (Å²) in [6.07, 6.45) is 0. The summed E-state index contributed by atoms with van der Waals surface area (Å²) in [5, 5.41) is 0. The molecular formula is C66H43BN4. The molecule has 4 nitrogen and oxygen atoms in total. The Morgan fingerprint density at radius 3 is 1.56 bits per heavy atom. The number of nitrogens with zero attached hydrogens (tertiary/aromatic N) is 4. The first-order chi connectivity index (χ1) is 39.3. The third kappa shape index (κ3) is 5.69. The van der Waals surface area contributed by atoms with Crippen LogP contribution in [0.3, 0.4) is 0 Å². The zero-order valence-corrected chi connectivity index (χ0v) is 38.2. The molecule has 10 aromatic carbocycles. The van der Waals surface area contributed by atoms with Gasteiger partial charge in [-0.05, 0) is 134 Å². The third-order valence-electron chi connectivity index (χ3n) is 14.9. The molecule has 0 saturated carbocycles. The highest BCUT2D eigenvalue weighted by Crippen LogP contribution is 2.64. The largest absolute Gasteiger partial charge is 0.311 e. The van der Waals surface area contributed by atoms with Gasteiger partial charge in [0.15, 0.2) is 5.82 Å². The van der Waals surface area contributed by atoms with Crippen LogP contribution in [-0.4, -0.2) is 16.7 Å². The van der Waals surface area contributed by atoms with E-state index in [4.69, 9.17) is 23.7 Å². The summed E-state index contributed by atoms with van der Waals surface area (Å²) >= 11 is 0. The monoisotopic (exact) mass is 912 g/mol. The molecule has 0 bridgehead atoms. The van der Waals surface area contributed by atoms with E-state index < -0.39 is 65.8 Å². The number of aromatic nitrogens is 2. The highest BCUT2D eigenvalue weighted by atomic mass is 15.2. The van der Waals surface area contributed by atoms with Gasteiger partial charge < -0.3 is 9.80 Å². The van der Waals surface area contributed by atoms with E-state index in [0.29, 0.717) is 5.56 Å². The number of fused-ring (bicyclic) bond motifs is 14. The van der Waals surface area contributed by atoms with Gasteiger partial charge in [-0.3, -0.25) is 0 Å². The number of hydrogen-bond donors (Lipinski definition) is 0. The molecule has 0 radical (unpaired) electrons. The van der Waals surface area contributed by atoms with Crippen molar-refractivity contribution in [3.8, 4) is 56.2 Å². The van der Waals surface area contributed by atoms with E-state index in [9.17, 15) is 0 Å². The summed E-state index contributed by atoms with van der Waals surface area (Å²) in [6.45, 7) is 2.03. The maximum atomic E-state index is 9.03. The van der Waals surface area contributed by atoms with Gasteiger partial charge in [0.05, 0.1) is 30.5 Å². The van der Waals surface area contributed by atoms with Crippen molar-refractivity contribution in [1.29, 1.82) is 0 Å². The molecule has 1 atom stereocenters. The van der Waals surface area contributed by atoms with Crippen molar-refractivity contribution in [3.63, 3.8) is 0 Å². The van der Waals surface area contributed by atoms with Gasteiger partial charge >= 0.3 is 0 Å². The first-order valence-electron chi connectivity index (χ1n) is 28.8. The van der Waals surface area contributed by atoms with Gasteiger partial charge in [-0.15, -0.1) is 0 Å². The molecule has 330 valence electrons. The topological polar surface area (TPSA) is 32.3 Å². The van der Waals surface area contributed by atoms with E-state index in [1.54, 1.807) is 0 Å². The van der Waals surface area contributed by atoms with Crippen LogP contribution in [0.1, 0.15) is 41.5 Å². The SMILES string of the molecule is [2H]c1c([2H])c([2H])c(-c2cc(-c3c([2H])c([2H])c([2H])c([2H])c3[2H])nc(-c3ccc4c(c3)C3(c5ccccc5-4)c4ccccc4-c4cc5c(cc43)N(c3ccccc3)c3cc(C)cc4c3B5c3ccccc3N4c3ccccc3)n2)c([2H])c1[2H]. The summed E-state index contributed by atoms with van der Waals surface area (Å²) in [4.78, 5) is 14.8. The standard InChI is InChI=1S/C66H43BN4/c1-42-36-62-64-63(37-42)71(47-26-12-5-13-27-47)61-40-55-51(39-57(61)67(64)56-32-18-19-33-60(56)70(62)46-24-10-4-11-25-46)49-29-15-17-31-53(49)66(55)52-30-16-14-28-48(52)50-35-34-45(38-54(50)66)65-68-58(43-20-6-2-7-21-43)41-59(69-65)44-22-8-3-9-23-44/h2-41H,1H3/i2D,3D,6D,7D,8D,9D,20D,21D,22D,23D. The average Bonchev–Trinajstić information content (AvgIpc) is 2.02. The summed E-state index contributed by atoms with van der Waals surface area (Å²) < 4.78 is 87.4. The van der Waals surface area contributed by atoms with Crippen LogP contribution < -0.4 is 26.2 Å². The predicted molar refractivity (Wildman–Crippen MR) is 293 cm³/mol. The molecule has 4 aliphatic rings. The molecule has 15 rings (SSSR count). The van der Waals surface area contributed by atoms with Crippen molar-refractivity contribution in [3.05, 3.63) is 270 Å². The molecule has 11 aromatic rings. The van der Waals surface area contributed by atoms with Crippen LogP contribution in [0.25, 0.3) is 56.2 Å². The van der Waals surface area contributed by atoms with Crippen molar-refractivity contribution in [2.24, 2.45) is 0 Å². The Labute approximate surface area is 428 Å². The van der Waals surface area contributed by atoms with Crippen LogP contribution >= 0.6 is 0 Å². The highest BCUT2D eigenvalue weighted by molar-refractivity contribution is 7.00. The number of hydrogen-bond acceptors (Lipinski definition) is 4. The molecule has 3 heterocycles. The normalized spacial score (nSPS) is 17.1. The Bertz CT molecular complexity index is 4450. The number of aryl methyl sites for hydroxylation is 1. The molecular weight excluding hydrogens is 860 g/mol. The van der Waals surface area contributed by atoms with E-state index in [0.717, 1.165) is 84.2 Å². The predicted octanol–water partition coefficient (Wildman–Crippen LogP) is 14.2. The van der Waals surface area contributed by atoms with Gasteiger partial charge in [0.2, 0.25) is 0 Å². The maximum absolute atomic E-state index is 9.03. The van der Waals surface area contributed by atoms with E-state index in [2.05, 4.69) is 181 Å². The second kappa shape index (κ2) is 15.2. The van der Waals surface area contributed by atoms with Crippen LogP contribution in [-0.2, 0) is 5.41 Å². The molecule has 0 fully saturated rings. The van der Waals surface area contributed by atoms with Crippen LogP contribution in [0.5, 0.6) is 0 Å². The summed E-state index contributed by atoms with van der Waals surface area (Å²) in [7, 11) is 0. The van der Waals surface area contributed by atoms with Gasteiger partial charge in [0.1, 0.15) is 0 Å². The minimum Gasteiger partial charge on any atom is -0.311 e. The molecule has 2 aliphatic carbocycles. The van der Waals surface area contributed by atoms with E-state index in [-0.39, 0.29) is 35.1 Å². The maximum Gasteiger partial charge on any atom is 0.252 e. The van der Waals surface area contributed by atoms with Crippen LogP contribution in [0.15, 0.2) is 242 Å². The van der Waals surface area contributed by atoms with Crippen molar-refractivity contribution in [2.75, 3.05) is 9.80 Å². The number of para-hydroxylation sites is 3. The first-order valence-corrected chi connectivity index (χ1v) is 23.8. The second-order valence-electron chi connectivity index (χ2n) is 18.6. The Kier molecular flexibility index (Phi) is 6.68. The molecule has 0 amide bonds. The van der Waals surface area contributed by atoms with Crippen LogP contribution in [0.2, 0.25) is 0 Å². The minimum atomic E-state index is -0.919. The Balaban J connectivity index is 1.01. The van der Waals surface area contributed by atoms with E-state index in [1.807, 2.05) is 12.1 Å². The number of benzene rings is 10. The van der Waals surface area contributed by atoms with Crippen LogP contribution in [0, 0.1) is 6.92 Å². The quantitative estimate of drug-likeness (QED) is 0.161. The smallest absolute Gasteiger partial charge is 0.252 e. The van der Waals surface area contributed by atoms with E-state index in [1.165, 1.54) is 22.5 Å². The lowest BCUT2D eigenvalue weighted by molar-refractivity contribution is 0.794. The average molecular weight is 913 g/mol. The summed E-state index contributed by atoms with van der Waals surface area (Å²) in [5.74, 6) is 0.0607. The van der Waals surface area contributed by atoms with Crippen molar-refractivity contribution < 1.29 is 13.7 Å². The minimum absolute atomic E-state index is 0.0607. The lowest BCUT2D eigenvalue weighted by Crippen LogP contribution is -2.61. The fraction of sp³-hybridized carbons (Fsp3) is 0.0303. The van der Waals surface area contributed by atoms with Gasteiger partial charge in [-0.1, -0.05) is 182 Å². The Morgan fingerprint density at radius 2 is 0.930 bits per heavy atom. The molecule has 71 heavy (non-hydrogen) atoms. The number of rotatable bonds is 5. The van der Waals surface area contributed by atoms with Crippen molar-refractivity contribution in [2.45, 2.75) is 12.3 Å². The molecule has 1 spiro atoms. The molecule has 0 N–H and O–H groups in total. The lowest BCUT2D eigenvalue weighted by Gasteiger charge is -2.45. The number of anilines is 6. The van der Waals surface area contributed by atoms with E-state index >= 15 is 0 Å². The molecule has 5 heteroatoms. The Morgan fingerprint density at radius 1 is 0.408 bits per heavy atom. The van der Waals surface area contributed by atoms with Crippen molar-refractivity contribution >= 4 is 57.2 Å². The second-order valence-corrected chi connectivity index (χ2v) is 18.6. The van der Waals surface area contributed by atoms with Gasteiger partial charge in [0, 0.05) is 50.8 Å². The third-order valence-corrected chi connectivity index (χ3v) is 14.9. The zero-order valence-electron chi connectivity index (χ0n) is 48.2. The lowest BCUT2D eigenvalue weighted by atomic mass is 9.33. The van der Waals surface area contributed by atoms with Crippen molar-refractivity contribution in [1.82, 2.24) is 9.97 Å². The first kappa shape index (κ1) is 31.1. The summed E-state index contributed by atoms with van der Waals surface area (Å²) in [5.41, 5.74) is 18.6. The zero-order chi connectivity index (χ0) is 55.5. The molecule has 1 aromatic heterocycles. The fourth-order valence-corrected chi connectivity index (χ4v) is 12.1. The molecule has 0 saturated heterocycles. The summed E-state index contributed by atoms with van der Waals surface area (Å²) in [6, 6.07) is 58.4. The fourth-order valence-electron chi connectivity index (χ4n) is 12.1. The molecule has 1 unspecified atom stereocenters. The van der Waals surface area contributed by atoms with Gasteiger partial charge in [-0.25, -0.2) is 9.97 Å².